The Hall–Kier alpha value is -2.24. The number of fused-ring (bicyclic) bond motifs is 2. The molecule has 3 atom stereocenters. The van der Waals surface area contributed by atoms with Crippen LogP contribution in [0, 0.1) is 5.92 Å². The van der Waals surface area contributed by atoms with E-state index in [9.17, 15) is 14.7 Å². The number of aliphatic carboxylic acids is 1. The molecule has 1 aliphatic carbocycles. The van der Waals surface area contributed by atoms with Gasteiger partial charge in [-0.3, -0.25) is 4.79 Å². The molecule has 6 nitrogen and oxygen atoms in total. The first-order chi connectivity index (χ1) is 12.1. The minimum atomic E-state index is -0.884. The smallest absolute Gasteiger partial charge is 0.326 e. The maximum atomic E-state index is 12.9. The number of likely N-dealkylation sites (tertiary alicyclic amines) is 1. The SMILES string of the molecule is O=C(O)[C@@H]1C[C@@H]2CCCC[C@@H]2N1C(=O)Cc1ccc2c(c1)OCCO2. The zero-order valence-electron chi connectivity index (χ0n) is 14.1. The second kappa shape index (κ2) is 6.58. The molecule has 0 spiro atoms. The fourth-order valence-corrected chi connectivity index (χ4v) is 4.50. The first-order valence-corrected chi connectivity index (χ1v) is 9.06. The third kappa shape index (κ3) is 3.05. The number of hydrogen-bond donors (Lipinski definition) is 1. The zero-order chi connectivity index (χ0) is 17.4. The molecule has 25 heavy (non-hydrogen) atoms. The summed E-state index contributed by atoms with van der Waals surface area (Å²) in [5, 5.41) is 9.57. The topological polar surface area (TPSA) is 76.1 Å². The molecule has 3 aliphatic rings. The minimum Gasteiger partial charge on any atom is -0.486 e. The van der Waals surface area contributed by atoms with Crippen molar-refractivity contribution < 1.29 is 24.2 Å². The lowest BCUT2D eigenvalue weighted by atomic mass is 9.84. The number of carbonyl (C=O) groups is 2. The number of nitrogens with zero attached hydrogens (tertiary/aromatic N) is 1. The highest BCUT2D eigenvalue weighted by Crippen LogP contribution is 2.40. The van der Waals surface area contributed by atoms with Gasteiger partial charge in [0.05, 0.1) is 6.42 Å². The zero-order valence-corrected chi connectivity index (χ0v) is 14.1. The van der Waals surface area contributed by atoms with Gasteiger partial charge in [-0.25, -0.2) is 4.79 Å². The Morgan fingerprint density at radius 3 is 2.68 bits per heavy atom. The van der Waals surface area contributed by atoms with Crippen molar-refractivity contribution in [2.24, 2.45) is 5.92 Å². The highest BCUT2D eigenvalue weighted by molar-refractivity contribution is 5.86. The number of ether oxygens (including phenoxy) is 2. The Morgan fingerprint density at radius 1 is 1.12 bits per heavy atom. The van der Waals surface area contributed by atoms with Gasteiger partial charge in [0, 0.05) is 6.04 Å². The second-order valence-electron chi connectivity index (χ2n) is 7.16. The number of rotatable bonds is 3. The highest BCUT2D eigenvalue weighted by Gasteiger charge is 2.47. The molecule has 4 rings (SSSR count). The van der Waals surface area contributed by atoms with Crippen LogP contribution in [0.2, 0.25) is 0 Å². The number of amides is 1. The molecule has 1 aromatic carbocycles. The van der Waals surface area contributed by atoms with Gasteiger partial charge >= 0.3 is 5.97 Å². The number of carboxylic acids is 1. The molecule has 2 heterocycles. The Morgan fingerprint density at radius 2 is 1.88 bits per heavy atom. The van der Waals surface area contributed by atoms with E-state index < -0.39 is 12.0 Å². The van der Waals surface area contributed by atoms with Gasteiger partial charge in [0.1, 0.15) is 19.3 Å². The summed E-state index contributed by atoms with van der Waals surface area (Å²) >= 11 is 0. The van der Waals surface area contributed by atoms with Crippen molar-refractivity contribution in [2.75, 3.05) is 13.2 Å². The molecular weight excluding hydrogens is 322 g/mol. The Kier molecular flexibility index (Phi) is 4.27. The first kappa shape index (κ1) is 16.2. The number of benzene rings is 1. The summed E-state index contributed by atoms with van der Waals surface area (Å²) in [6.07, 6.45) is 4.94. The van der Waals surface area contributed by atoms with E-state index in [-0.39, 0.29) is 18.4 Å². The van der Waals surface area contributed by atoms with Crippen molar-refractivity contribution in [2.45, 2.75) is 50.6 Å². The van der Waals surface area contributed by atoms with Crippen LogP contribution < -0.4 is 9.47 Å². The molecule has 0 bridgehead atoms. The van der Waals surface area contributed by atoms with Gasteiger partial charge in [0.25, 0.3) is 0 Å². The second-order valence-corrected chi connectivity index (χ2v) is 7.16. The van der Waals surface area contributed by atoms with Gasteiger partial charge in [0.2, 0.25) is 5.91 Å². The molecule has 134 valence electrons. The summed E-state index contributed by atoms with van der Waals surface area (Å²) in [6, 6.07) is 4.91. The fraction of sp³-hybridized carbons (Fsp3) is 0.579. The summed E-state index contributed by atoms with van der Waals surface area (Å²) < 4.78 is 11.1. The van der Waals surface area contributed by atoms with Crippen LogP contribution in [0.15, 0.2) is 18.2 Å². The van der Waals surface area contributed by atoms with Gasteiger partial charge < -0.3 is 19.5 Å². The lowest BCUT2D eigenvalue weighted by Crippen LogP contribution is -2.46. The van der Waals surface area contributed by atoms with Crippen LogP contribution in [0.25, 0.3) is 0 Å². The summed E-state index contributed by atoms with van der Waals surface area (Å²) in [7, 11) is 0. The van der Waals surface area contributed by atoms with Gasteiger partial charge in [-0.1, -0.05) is 18.9 Å². The molecule has 1 saturated carbocycles. The fourth-order valence-electron chi connectivity index (χ4n) is 4.50. The lowest BCUT2D eigenvalue weighted by molar-refractivity contribution is -0.149. The van der Waals surface area contributed by atoms with Gasteiger partial charge in [-0.15, -0.1) is 0 Å². The Bertz CT molecular complexity index is 688. The Balaban J connectivity index is 1.53. The molecule has 1 amide bonds. The predicted molar refractivity (Wildman–Crippen MR) is 89.8 cm³/mol. The van der Waals surface area contributed by atoms with Gasteiger partial charge in [0.15, 0.2) is 11.5 Å². The van der Waals surface area contributed by atoms with Crippen LogP contribution in [0.4, 0.5) is 0 Å². The average molecular weight is 345 g/mol. The summed E-state index contributed by atoms with van der Waals surface area (Å²) in [5.41, 5.74) is 0.831. The predicted octanol–water partition coefficient (Wildman–Crippen LogP) is 2.24. The van der Waals surface area contributed by atoms with Crippen molar-refractivity contribution in [3.8, 4) is 11.5 Å². The van der Waals surface area contributed by atoms with Crippen LogP contribution in [0.3, 0.4) is 0 Å². The lowest BCUT2D eigenvalue weighted by Gasteiger charge is -2.33. The third-order valence-electron chi connectivity index (χ3n) is 5.62. The summed E-state index contributed by atoms with van der Waals surface area (Å²) in [4.78, 5) is 26.3. The molecule has 1 N–H and O–H groups in total. The van der Waals surface area contributed by atoms with Crippen molar-refractivity contribution in [3.05, 3.63) is 23.8 Å². The van der Waals surface area contributed by atoms with E-state index in [1.165, 1.54) is 0 Å². The molecule has 0 unspecified atom stereocenters. The van der Waals surface area contributed by atoms with Crippen LogP contribution in [-0.2, 0) is 16.0 Å². The van der Waals surface area contributed by atoms with E-state index in [0.717, 1.165) is 31.2 Å². The number of hydrogen-bond acceptors (Lipinski definition) is 4. The quantitative estimate of drug-likeness (QED) is 0.909. The number of carboxylic acid groups (broad SMARTS) is 1. The summed E-state index contributed by atoms with van der Waals surface area (Å²) in [6.45, 7) is 1.03. The monoisotopic (exact) mass is 345 g/mol. The van der Waals surface area contributed by atoms with Crippen molar-refractivity contribution >= 4 is 11.9 Å². The molecule has 2 fully saturated rings. The standard InChI is InChI=1S/C19H23NO5/c21-18(10-12-5-6-16-17(9-12)25-8-7-24-16)20-14-4-2-1-3-13(14)11-15(20)19(22)23/h5-6,9,13-15H,1-4,7-8,10-11H2,(H,22,23)/t13-,14-,15-/m0/s1. The summed E-state index contributed by atoms with van der Waals surface area (Å²) in [5.74, 6) is 0.699. The van der Waals surface area contributed by atoms with E-state index in [4.69, 9.17) is 9.47 Å². The van der Waals surface area contributed by atoms with Gasteiger partial charge in [-0.05, 0) is 42.9 Å². The molecule has 0 aromatic heterocycles. The van der Waals surface area contributed by atoms with E-state index >= 15 is 0 Å². The molecule has 2 aliphatic heterocycles. The van der Waals surface area contributed by atoms with E-state index in [1.54, 1.807) is 4.90 Å². The van der Waals surface area contributed by atoms with E-state index in [1.807, 2.05) is 18.2 Å². The highest BCUT2D eigenvalue weighted by atomic mass is 16.6. The molecule has 1 saturated heterocycles. The third-order valence-corrected chi connectivity index (χ3v) is 5.62. The van der Waals surface area contributed by atoms with Crippen LogP contribution in [-0.4, -0.2) is 47.2 Å². The van der Waals surface area contributed by atoms with E-state index in [2.05, 4.69) is 0 Å². The molecule has 6 heteroatoms. The van der Waals surface area contributed by atoms with Crippen LogP contribution >= 0.6 is 0 Å². The molecular formula is C19H23NO5. The maximum absolute atomic E-state index is 12.9. The van der Waals surface area contributed by atoms with Crippen LogP contribution in [0.1, 0.15) is 37.7 Å². The minimum absolute atomic E-state index is 0.0829. The average Bonchev–Trinajstić information content (AvgIpc) is 3.01. The largest absolute Gasteiger partial charge is 0.486 e. The van der Waals surface area contributed by atoms with Crippen LogP contribution in [0.5, 0.6) is 11.5 Å². The van der Waals surface area contributed by atoms with Crippen molar-refractivity contribution in [3.63, 3.8) is 0 Å². The Labute approximate surface area is 146 Å². The van der Waals surface area contributed by atoms with Gasteiger partial charge in [-0.2, -0.15) is 0 Å². The first-order valence-electron chi connectivity index (χ1n) is 9.06. The normalized spacial score (nSPS) is 27.7. The number of carbonyl (C=O) groups excluding carboxylic acids is 1. The molecule has 1 aromatic rings. The maximum Gasteiger partial charge on any atom is 0.326 e. The van der Waals surface area contributed by atoms with Crippen molar-refractivity contribution in [1.82, 2.24) is 4.90 Å². The van der Waals surface area contributed by atoms with Crippen molar-refractivity contribution in [1.29, 1.82) is 0 Å². The van der Waals surface area contributed by atoms with E-state index in [0.29, 0.717) is 37.1 Å². The molecule has 0 radical (unpaired) electrons.